The molecular formula is C11H11FO3. The maximum atomic E-state index is 12.6. The molecule has 0 aromatic heterocycles. The van der Waals surface area contributed by atoms with Crippen LogP contribution in [0.5, 0.6) is 0 Å². The summed E-state index contributed by atoms with van der Waals surface area (Å²) < 4.78 is 17.4. The number of halogens is 1. The second-order valence-electron chi connectivity index (χ2n) is 2.96. The molecule has 1 aromatic rings. The van der Waals surface area contributed by atoms with E-state index in [1.54, 1.807) is 0 Å². The molecule has 0 bridgehead atoms. The van der Waals surface area contributed by atoms with Crippen LogP contribution in [0.25, 0.3) is 0 Å². The maximum absolute atomic E-state index is 12.6. The van der Waals surface area contributed by atoms with E-state index in [1.807, 2.05) is 0 Å². The van der Waals surface area contributed by atoms with Crippen LogP contribution in [-0.2, 0) is 16.0 Å². The van der Waals surface area contributed by atoms with Crippen LogP contribution in [-0.4, -0.2) is 17.2 Å². The molecule has 1 N–H and O–H groups in total. The lowest BCUT2D eigenvalue weighted by Crippen LogP contribution is -2.24. The lowest BCUT2D eigenvalue weighted by molar-refractivity contribution is -0.146. The van der Waals surface area contributed by atoms with Gasteiger partial charge < -0.3 is 9.84 Å². The van der Waals surface area contributed by atoms with Gasteiger partial charge in [-0.3, -0.25) is 0 Å². The van der Waals surface area contributed by atoms with E-state index in [-0.39, 0.29) is 12.2 Å². The number of rotatable bonds is 5. The average Bonchev–Trinajstić information content (AvgIpc) is 2.20. The second-order valence-corrected chi connectivity index (χ2v) is 2.96. The van der Waals surface area contributed by atoms with Crippen LogP contribution in [0.2, 0.25) is 0 Å². The van der Waals surface area contributed by atoms with E-state index >= 15 is 0 Å². The van der Waals surface area contributed by atoms with Gasteiger partial charge in [0, 0.05) is 6.42 Å². The molecule has 0 amide bonds. The minimum Gasteiger partial charge on any atom is -0.487 e. The van der Waals surface area contributed by atoms with Crippen LogP contribution in [0, 0.1) is 5.82 Å². The summed E-state index contributed by atoms with van der Waals surface area (Å²) in [5.41, 5.74) is 0.700. The highest BCUT2D eigenvalue weighted by atomic mass is 19.1. The summed E-state index contributed by atoms with van der Waals surface area (Å²) in [7, 11) is 0. The van der Waals surface area contributed by atoms with Gasteiger partial charge in [-0.15, -0.1) is 0 Å². The van der Waals surface area contributed by atoms with E-state index in [9.17, 15) is 9.18 Å². The van der Waals surface area contributed by atoms with Gasteiger partial charge in [0.25, 0.3) is 0 Å². The molecule has 0 saturated heterocycles. The van der Waals surface area contributed by atoms with Gasteiger partial charge in [0.15, 0.2) is 6.10 Å². The Morgan fingerprint density at radius 3 is 2.60 bits per heavy atom. The van der Waals surface area contributed by atoms with Crippen LogP contribution in [0.4, 0.5) is 4.39 Å². The average molecular weight is 210 g/mol. The van der Waals surface area contributed by atoms with E-state index in [4.69, 9.17) is 9.84 Å². The Kier molecular flexibility index (Phi) is 3.85. The Morgan fingerprint density at radius 1 is 1.53 bits per heavy atom. The normalized spacial score (nSPS) is 11.8. The Morgan fingerprint density at radius 2 is 2.13 bits per heavy atom. The van der Waals surface area contributed by atoms with Crippen LogP contribution >= 0.6 is 0 Å². The lowest BCUT2D eigenvalue weighted by Gasteiger charge is -2.11. The van der Waals surface area contributed by atoms with Crippen molar-refractivity contribution in [2.24, 2.45) is 0 Å². The standard InChI is InChI=1S/C11H11FO3/c1-2-15-10(11(13)14)7-8-3-5-9(12)6-4-8/h2-6,10H,1,7H2,(H,13,14)/t10-/m1/s1. The molecule has 0 radical (unpaired) electrons. The highest BCUT2D eigenvalue weighted by Gasteiger charge is 2.17. The quantitative estimate of drug-likeness (QED) is 0.756. The Balaban J connectivity index is 2.69. The molecule has 0 aliphatic rings. The molecule has 0 heterocycles. The molecule has 1 atom stereocenters. The number of aliphatic carboxylic acids is 1. The summed E-state index contributed by atoms with van der Waals surface area (Å²) >= 11 is 0. The number of hydrogen-bond acceptors (Lipinski definition) is 2. The van der Waals surface area contributed by atoms with Crippen molar-refractivity contribution in [3.63, 3.8) is 0 Å². The minimum atomic E-state index is -1.07. The van der Waals surface area contributed by atoms with Gasteiger partial charge in [0.2, 0.25) is 0 Å². The molecule has 0 unspecified atom stereocenters. The third kappa shape index (κ3) is 3.42. The highest BCUT2D eigenvalue weighted by molar-refractivity contribution is 5.72. The molecule has 0 fully saturated rings. The van der Waals surface area contributed by atoms with Gasteiger partial charge >= 0.3 is 5.97 Å². The van der Waals surface area contributed by atoms with Gasteiger partial charge in [-0.1, -0.05) is 18.7 Å². The topological polar surface area (TPSA) is 46.5 Å². The third-order valence-electron chi connectivity index (χ3n) is 1.87. The fraction of sp³-hybridized carbons (Fsp3) is 0.182. The molecule has 80 valence electrons. The van der Waals surface area contributed by atoms with Crippen molar-refractivity contribution >= 4 is 5.97 Å². The Labute approximate surface area is 86.8 Å². The van der Waals surface area contributed by atoms with Crippen LogP contribution < -0.4 is 0 Å². The Bertz CT molecular complexity index is 345. The minimum absolute atomic E-state index is 0.182. The van der Waals surface area contributed by atoms with Gasteiger partial charge in [-0.2, -0.15) is 0 Å². The summed E-state index contributed by atoms with van der Waals surface area (Å²) in [6.07, 6.45) is 0.289. The smallest absolute Gasteiger partial charge is 0.345 e. The summed E-state index contributed by atoms with van der Waals surface area (Å²) in [5.74, 6) is -1.42. The monoisotopic (exact) mass is 210 g/mol. The molecule has 1 rings (SSSR count). The van der Waals surface area contributed by atoms with Gasteiger partial charge in [-0.05, 0) is 17.7 Å². The van der Waals surface area contributed by atoms with E-state index < -0.39 is 12.1 Å². The van der Waals surface area contributed by atoms with E-state index in [0.29, 0.717) is 5.56 Å². The summed E-state index contributed by atoms with van der Waals surface area (Å²) in [4.78, 5) is 10.7. The number of hydrogen-bond donors (Lipinski definition) is 1. The second kappa shape index (κ2) is 5.14. The molecule has 15 heavy (non-hydrogen) atoms. The predicted molar refractivity (Wildman–Crippen MR) is 52.8 cm³/mol. The first-order valence-corrected chi connectivity index (χ1v) is 4.37. The molecular weight excluding hydrogens is 199 g/mol. The fourth-order valence-corrected chi connectivity index (χ4v) is 1.14. The lowest BCUT2D eigenvalue weighted by atomic mass is 10.1. The van der Waals surface area contributed by atoms with Crippen molar-refractivity contribution in [1.82, 2.24) is 0 Å². The maximum Gasteiger partial charge on any atom is 0.345 e. The zero-order valence-corrected chi connectivity index (χ0v) is 8.02. The van der Waals surface area contributed by atoms with E-state index in [1.165, 1.54) is 24.3 Å². The first-order valence-electron chi connectivity index (χ1n) is 4.37. The number of carboxylic acid groups (broad SMARTS) is 1. The summed E-state index contributed by atoms with van der Waals surface area (Å²) in [5, 5.41) is 8.77. The molecule has 3 nitrogen and oxygen atoms in total. The van der Waals surface area contributed by atoms with Crippen molar-refractivity contribution in [3.05, 3.63) is 48.5 Å². The van der Waals surface area contributed by atoms with Crippen molar-refractivity contribution in [1.29, 1.82) is 0 Å². The number of benzene rings is 1. The first-order chi connectivity index (χ1) is 7.13. The van der Waals surface area contributed by atoms with E-state index in [0.717, 1.165) is 6.26 Å². The molecule has 0 spiro atoms. The fourth-order valence-electron chi connectivity index (χ4n) is 1.14. The van der Waals surface area contributed by atoms with Crippen LogP contribution in [0.15, 0.2) is 37.1 Å². The Hall–Kier alpha value is -1.84. The zero-order valence-electron chi connectivity index (χ0n) is 8.02. The molecule has 1 aromatic carbocycles. The zero-order chi connectivity index (χ0) is 11.3. The number of carbonyl (C=O) groups is 1. The highest BCUT2D eigenvalue weighted by Crippen LogP contribution is 2.08. The number of carboxylic acids is 1. The molecule has 0 aliphatic carbocycles. The predicted octanol–water partition coefficient (Wildman–Crippen LogP) is 1.98. The summed E-state index contributed by atoms with van der Waals surface area (Å²) in [6, 6.07) is 5.61. The van der Waals surface area contributed by atoms with Crippen LogP contribution in [0.1, 0.15) is 5.56 Å². The van der Waals surface area contributed by atoms with Crippen LogP contribution in [0.3, 0.4) is 0 Å². The largest absolute Gasteiger partial charge is 0.487 e. The van der Waals surface area contributed by atoms with Gasteiger partial charge in [0.05, 0.1) is 6.26 Å². The van der Waals surface area contributed by atoms with E-state index in [2.05, 4.69) is 6.58 Å². The SMILES string of the molecule is C=CO[C@H](Cc1ccc(F)cc1)C(=O)O. The van der Waals surface area contributed by atoms with Gasteiger partial charge in [0.1, 0.15) is 5.82 Å². The van der Waals surface area contributed by atoms with Crippen molar-refractivity contribution in [2.45, 2.75) is 12.5 Å². The molecule has 4 heteroatoms. The number of ether oxygens (including phenoxy) is 1. The first kappa shape index (κ1) is 11.2. The summed E-state index contributed by atoms with van der Waals surface area (Å²) in [6.45, 7) is 3.29. The van der Waals surface area contributed by atoms with Crippen molar-refractivity contribution in [2.75, 3.05) is 0 Å². The van der Waals surface area contributed by atoms with Gasteiger partial charge in [-0.25, -0.2) is 9.18 Å². The molecule has 0 aliphatic heterocycles. The molecule has 0 saturated carbocycles. The van der Waals surface area contributed by atoms with Crippen molar-refractivity contribution < 1.29 is 19.0 Å². The third-order valence-corrected chi connectivity index (χ3v) is 1.87. The van der Waals surface area contributed by atoms with Crippen molar-refractivity contribution in [3.8, 4) is 0 Å².